The highest BCUT2D eigenvalue weighted by Crippen LogP contribution is 2.15. The first-order valence-corrected chi connectivity index (χ1v) is 7.18. The zero-order valence-corrected chi connectivity index (χ0v) is 12.5. The highest BCUT2D eigenvalue weighted by molar-refractivity contribution is 6.01. The van der Waals surface area contributed by atoms with Crippen LogP contribution in [0.1, 0.15) is 25.3 Å². The van der Waals surface area contributed by atoms with E-state index in [1.807, 2.05) is 6.92 Å². The Hall–Kier alpha value is -2.41. The molecule has 0 spiro atoms. The maximum absolute atomic E-state index is 11.8. The van der Waals surface area contributed by atoms with Crippen molar-refractivity contribution in [1.82, 2.24) is 10.2 Å². The number of hydrogen-bond donors (Lipinski definition) is 3. The van der Waals surface area contributed by atoms with Gasteiger partial charge in [-0.25, -0.2) is 4.79 Å². The number of hydrogen-bond acceptors (Lipinski definition) is 4. The molecule has 4 amide bonds. The molecule has 1 aliphatic heterocycles. The summed E-state index contributed by atoms with van der Waals surface area (Å²) in [4.78, 5) is 36.0. The third-order valence-electron chi connectivity index (χ3n) is 3.32. The molecule has 0 bridgehead atoms. The first kappa shape index (κ1) is 16.0. The number of amides is 4. The Morgan fingerprint density at radius 1 is 1.45 bits per heavy atom. The van der Waals surface area contributed by atoms with E-state index in [2.05, 4.69) is 10.6 Å². The van der Waals surface area contributed by atoms with Gasteiger partial charge in [0.25, 0.3) is 0 Å². The first-order chi connectivity index (χ1) is 10.5. The van der Waals surface area contributed by atoms with Crippen LogP contribution >= 0.6 is 0 Å². The molecule has 0 aliphatic carbocycles. The van der Waals surface area contributed by atoms with Gasteiger partial charge in [0.15, 0.2) is 0 Å². The standard InChI is InChI=1S/C15H20N4O3/c1-10(16)5-6-13(20)18-12-4-2-3-11(7-12)9-19-14(21)8-17-15(19)22/h2-4,7,10H,5-6,8-9,16H2,1H3,(H,17,22)(H,18,20). The minimum atomic E-state index is -0.392. The summed E-state index contributed by atoms with van der Waals surface area (Å²) in [5, 5.41) is 5.26. The molecule has 1 heterocycles. The number of urea groups is 1. The lowest BCUT2D eigenvalue weighted by Gasteiger charge is -2.13. The number of nitrogens with zero attached hydrogens (tertiary/aromatic N) is 1. The quantitative estimate of drug-likeness (QED) is 0.676. The Morgan fingerprint density at radius 2 is 2.23 bits per heavy atom. The summed E-state index contributed by atoms with van der Waals surface area (Å²) in [5.41, 5.74) is 7.03. The van der Waals surface area contributed by atoms with E-state index < -0.39 is 6.03 Å². The first-order valence-electron chi connectivity index (χ1n) is 7.18. The molecule has 7 heteroatoms. The molecule has 1 saturated heterocycles. The number of carbonyl (C=O) groups excluding carboxylic acids is 3. The summed E-state index contributed by atoms with van der Waals surface area (Å²) in [6, 6.07) is 6.68. The zero-order valence-electron chi connectivity index (χ0n) is 12.5. The third-order valence-corrected chi connectivity index (χ3v) is 3.32. The number of nitrogens with two attached hydrogens (primary N) is 1. The van der Waals surface area contributed by atoms with Gasteiger partial charge in [-0.15, -0.1) is 0 Å². The van der Waals surface area contributed by atoms with Gasteiger partial charge in [0.1, 0.15) is 0 Å². The highest BCUT2D eigenvalue weighted by atomic mass is 16.2. The second kappa shape index (κ2) is 7.04. The van der Waals surface area contributed by atoms with Crippen LogP contribution in [0.15, 0.2) is 24.3 Å². The average Bonchev–Trinajstić information content (AvgIpc) is 2.77. The third kappa shape index (κ3) is 4.29. The zero-order chi connectivity index (χ0) is 16.1. The van der Waals surface area contributed by atoms with Crippen molar-refractivity contribution in [2.75, 3.05) is 11.9 Å². The molecule has 7 nitrogen and oxygen atoms in total. The predicted molar refractivity (Wildman–Crippen MR) is 81.9 cm³/mol. The molecule has 1 atom stereocenters. The number of carbonyl (C=O) groups is 3. The van der Waals surface area contributed by atoms with Gasteiger partial charge in [-0.1, -0.05) is 12.1 Å². The summed E-state index contributed by atoms with van der Waals surface area (Å²) < 4.78 is 0. The number of benzene rings is 1. The monoisotopic (exact) mass is 304 g/mol. The second-order valence-corrected chi connectivity index (χ2v) is 5.40. The summed E-state index contributed by atoms with van der Waals surface area (Å²) >= 11 is 0. The van der Waals surface area contributed by atoms with E-state index in [1.54, 1.807) is 24.3 Å². The lowest BCUT2D eigenvalue weighted by Crippen LogP contribution is -2.30. The van der Waals surface area contributed by atoms with Crippen molar-refractivity contribution in [2.24, 2.45) is 5.73 Å². The van der Waals surface area contributed by atoms with Crippen LogP contribution in [0.4, 0.5) is 10.5 Å². The molecule has 1 aliphatic rings. The van der Waals surface area contributed by atoms with Crippen LogP contribution < -0.4 is 16.4 Å². The Kier molecular flexibility index (Phi) is 5.11. The molecule has 22 heavy (non-hydrogen) atoms. The minimum Gasteiger partial charge on any atom is -0.329 e. The Bertz CT molecular complexity index is 570. The normalized spacial score (nSPS) is 15.6. The van der Waals surface area contributed by atoms with Gasteiger partial charge in [-0.05, 0) is 31.0 Å². The molecule has 2 rings (SSSR count). The van der Waals surface area contributed by atoms with E-state index in [-0.39, 0.29) is 30.9 Å². The maximum Gasteiger partial charge on any atom is 0.324 e. The van der Waals surface area contributed by atoms with E-state index in [4.69, 9.17) is 5.73 Å². The summed E-state index contributed by atoms with van der Waals surface area (Å²) in [6.07, 6.45) is 0.975. The largest absolute Gasteiger partial charge is 0.329 e. The van der Waals surface area contributed by atoms with E-state index in [1.165, 1.54) is 0 Å². The molecule has 1 fully saturated rings. The van der Waals surface area contributed by atoms with E-state index in [0.29, 0.717) is 18.5 Å². The van der Waals surface area contributed by atoms with Crippen molar-refractivity contribution in [1.29, 1.82) is 0 Å². The fourth-order valence-corrected chi connectivity index (χ4v) is 2.13. The van der Waals surface area contributed by atoms with Gasteiger partial charge < -0.3 is 16.4 Å². The molecule has 1 aromatic rings. The van der Waals surface area contributed by atoms with Crippen LogP contribution in [0.2, 0.25) is 0 Å². The van der Waals surface area contributed by atoms with Gasteiger partial charge in [0.2, 0.25) is 11.8 Å². The van der Waals surface area contributed by atoms with Crippen molar-refractivity contribution >= 4 is 23.5 Å². The van der Waals surface area contributed by atoms with Crippen LogP contribution in [0.25, 0.3) is 0 Å². The highest BCUT2D eigenvalue weighted by Gasteiger charge is 2.28. The molecule has 4 N–H and O–H groups in total. The van der Waals surface area contributed by atoms with Gasteiger partial charge in [0.05, 0.1) is 13.1 Å². The van der Waals surface area contributed by atoms with Crippen molar-refractivity contribution in [3.05, 3.63) is 29.8 Å². The average molecular weight is 304 g/mol. The molecule has 118 valence electrons. The Labute approximate surface area is 128 Å². The number of anilines is 1. The molecule has 1 unspecified atom stereocenters. The minimum absolute atomic E-state index is 0.0169. The van der Waals surface area contributed by atoms with Crippen molar-refractivity contribution in [3.63, 3.8) is 0 Å². The lowest BCUT2D eigenvalue weighted by atomic mass is 10.1. The van der Waals surface area contributed by atoms with E-state index >= 15 is 0 Å². The molecule has 0 aromatic heterocycles. The van der Waals surface area contributed by atoms with Gasteiger partial charge in [-0.3, -0.25) is 14.5 Å². The second-order valence-electron chi connectivity index (χ2n) is 5.40. The van der Waals surface area contributed by atoms with Gasteiger partial charge in [0, 0.05) is 18.2 Å². The molecule has 0 saturated carbocycles. The maximum atomic E-state index is 11.8. The summed E-state index contributed by atoms with van der Waals surface area (Å²) in [7, 11) is 0. The summed E-state index contributed by atoms with van der Waals surface area (Å²) in [5.74, 6) is -0.360. The predicted octanol–water partition coefficient (Wildman–Crippen LogP) is 0.804. The van der Waals surface area contributed by atoms with Crippen LogP contribution in [-0.4, -0.2) is 35.3 Å². The van der Waals surface area contributed by atoms with Gasteiger partial charge >= 0.3 is 6.03 Å². The van der Waals surface area contributed by atoms with Crippen molar-refractivity contribution in [2.45, 2.75) is 32.4 Å². The van der Waals surface area contributed by atoms with Crippen molar-refractivity contribution in [3.8, 4) is 0 Å². The van der Waals surface area contributed by atoms with Crippen LogP contribution in [-0.2, 0) is 16.1 Å². The number of imide groups is 1. The Balaban J connectivity index is 1.96. The topological polar surface area (TPSA) is 105 Å². The fourth-order valence-electron chi connectivity index (χ4n) is 2.13. The van der Waals surface area contributed by atoms with Crippen molar-refractivity contribution < 1.29 is 14.4 Å². The molecular weight excluding hydrogens is 284 g/mol. The van der Waals surface area contributed by atoms with Crippen LogP contribution in [0.3, 0.4) is 0 Å². The fraction of sp³-hybridized carbons (Fsp3) is 0.400. The summed E-state index contributed by atoms with van der Waals surface area (Å²) in [6.45, 7) is 2.08. The van der Waals surface area contributed by atoms with Crippen LogP contribution in [0.5, 0.6) is 0 Å². The van der Waals surface area contributed by atoms with E-state index in [0.717, 1.165) is 10.5 Å². The smallest absolute Gasteiger partial charge is 0.324 e. The lowest BCUT2D eigenvalue weighted by molar-refractivity contribution is -0.125. The number of rotatable bonds is 6. The van der Waals surface area contributed by atoms with E-state index in [9.17, 15) is 14.4 Å². The number of nitrogens with one attached hydrogen (secondary N) is 2. The molecular formula is C15H20N4O3. The SMILES string of the molecule is CC(N)CCC(=O)Nc1cccc(CN2C(=O)CNC2=O)c1. The van der Waals surface area contributed by atoms with Gasteiger partial charge in [-0.2, -0.15) is 0 Å². The molecule has 1 aromatic carbocycles. The molecule has 0 radical (unpaired) electrons. The Morgan fingerprint density at radius 3 is 2.86 bits per heavy atom. The van der Waals surface area contributed by atoms with Crippen LogP contribution in [0, 0.1) is 0 Å².